The van der Waals surface area contributed by atoms with Crippen LogP contribution in [0.3, 0.4) is 0 Å². The van der Waals surface area contributed by atoms with Crippen molar-refractivity contribution in [2.75, 3.05) is 0 Å². The number of hydrogen-bond acceptors (Lipinski definition) is 4. The summed E-state index contributed by atoms with van der Waals surface area (Å²) in [5.74, 6) is 0. The van der Waals surface area contributed by atoms with E-state index in [0.29, 0.717) is 5.16 Å². The van der Waals surface area contributed by atoms with Gasteiger partial charge in [0.1, 0.15) is 0 Å². The normalized spacial score (nSPS) is 10.6. The van der Waals surface area contributed by atoms with E-state index in [0.717, 1.165) is 10.5 Å². The molecule has 6 heteroatoms. The van der Waals surface area contributed by atoms with Gasteiger partial charge in [-0.3, -0.25) is 4.57 Å². The topological polar surface area (TPSA) is 70.9 Å². The molecule has 1 aromatic heterocycles. The Morgan fingerprint density at radius 2 is 2.12 bits per heavy atom. The first kappa shape index (κ1) is 11.0. The quantitative estimate of drug-likeness (QED) is 0.826. The monoisotopic (exact) mass is 237 g/mol. The number of benzene rings is 1. The van der Waals surface area contributed by atoms with Gasteiger partial charge in [0.25, 0.3) is 0 Å². The van der Waals surface area contributed by atoms with Crippen LogP contribution < -0.4 is 5.69 Å². The van der Waals surface area contributed by atoms with Crippen molar-refractivity contribution in [2.45, 2.75) is 16.7 Å². The van der Waals surface area contributed by atoms with Gasteiger partial charge in [0.15, 0.2) is 5.16 Å². The molecule has 0 amide bonds. The van der Waals surface area contributed by atoms with Gasteiger partial charge in [0, 0.05) is 11.9 Å². The maximum atomic E-state index is 11.1. The van der Waals surface area contributed by atoms with Crippen molar-refractivity contribution in [1.82, 2.24) is 14.8 Å². The van der Waals surface area contributed by atoms with Crippen molar-refractivity contribution < 1.29 is 5.11 Å². The highest BCUT2D eigenvalue weighted by Gasteiger charge is 2.05. The number of aromatic nitrogens is 3. The molecule has 0 aliphatic carbocycles. The average molecular weight is 237 g/mol. The number of aliphatic hydroxyl groups is 1. The molecular formula is C10H11N3O2S. The summed E-state index contributed by atoms with van der Waals surface area (Å²) in [6.07, 6.45) is 0. The fourth-order valence-electron chi connectivity index (χ4n) is 1.19. The Kier molecular flexibility index (Phi) is 3.12. The van der Waals surface area contributed by atoms with E-state index in [2.05, 4.69) is 10.2 Å². The first-order valence-corrected chi connectivity index (χ1v) is 5.51. The summed E-state index contributed by atoms with van der Waals surface area (Å²) in [6.45, 7) is 0.0336. The molecule has 0 radical (unpaired) electrons. The van der Waals surface area contributed by atoms with Gasteiger partial charge in [-0.1, -0.05) is 12.1 Å². The molecule has 0 spiro atoms. The number of nitrogens with one attached hydrogen (secondary N) is 1. The van der Waals surface area contributed by atoms with Crippen LogP contribution in [0.4, 0.5) is 0 Å². The standard InChI is InChI=1S/C10H11N3O2S/c1-13-9(15)11-12-10(13)16-8-4-2-7(6-14)3-5-8/h2-5,14H,6H2,1H3,(H,11,15). The second kappa shape index (κ2) is 4.54. The molecule has 0 aliphatic rings. The molecule has 2 aromatic rings. The van der Waals surface area contributed by atoms with Gasteiger partial charge >= 0.3 is 5.69 Å². The van der Waals surface area contributed by atoms with Gasteiger partial charge in [0.2, 0.25) is 0 Å². The van der Waals surface area contributed by atoms with Crippen molar-refractivity contribution in [3.05, 3.63) is 40.3 Å². The molecule has 1 heterocycles. The fourth-order valence-corrected chi connectivity index (χ4v) is 1.99. The van der Waals surface area contributed by atoms with Crippen LogP contribution in [0.2, 0.25) is 0 Å². The fraction of sp³-hybridized carbons (Fsp3) is 0.200. The Hall–Kier alpha value is -1.53. The predicted molar refractivity (Wildman–Crippen MR) is 60.3 cm³/mol. The molecule has 2 rings (SSSR count). The molecule has 5 nitrogen and oxygen atoms in total. The molecule has 0 saturated carbocycles. The number of aromatic amines is 1. The Bertz CT molecular complexity index is 530. The predicted octanol–water partition coefficient (Wildman–Crippen LogP) is 0.752. The van der Waals surface area contributed by atoms with Gasteiger partial charge in [0.05, 0.1) is 6.61 Å². The SMILES string of the molecule is Cn1c(Sc2ccc(CO)cc2)n[nH]c1=O. The second-order valence-corrected chi connectivity index (χ2v) is 4.32. The molecule has 0 aliphatic heterocycles. The van der Waals surface area contributed by atoms with Gasteiger partial charge in [-0.25, -0.2) is 9.89 Å². The summed E-state index contributed by atoms with van der Waals surface area (Å²) >= 11 is 1.39. The van der Waals surface area contributed by atoms with E-state index < -0.39 is 0 Å². The van der Waals surface area contributed by atoms with Crippen LogP contribution in [0.5, 0.6) is 0 Å². The lowest BCUT2D eigenvalue weighted by atomic mass is 10.2. The van der Waals surface area contributed by atoms with Crippen LogP contribution in [0.15, 0.2) is 39.1 Å². The average Bonchev–Trinajstić information content (AvgIpc) is 2.62. The van der Waals surface area contributed by atoms with Crippen LogP contribution in [-0.4, -0.2) is 19.9 Å². The Balaban J connectivity index is 2.20. The van der Waals surface area contributed by atoms with Gasteiger partial charge in [-0.2, -0.15) is 0 Å². The number of H-pyrrole nitrogens is 1. The molecule has 0 unspecified atom stereocenters. The molecule has 0 saturated heterocycles. The third-order valence-corrected chi connectivity index (χ3v) is 3.21. The lowest BCUT2D eigenvalue weighted by Gasteiger charge is -2.01. The van der Waals surface area contributed by atoms with Crippen molar-refractivity contribution in [3.63, 3.8) is 0 Å². The Morgan fingerprint density at radius 1 is 1.44 bits per heavy atom. The number of nitrogens with zero attached hydrogens (tertiary/aromatic N) is 2. The second-order valence-electron chi connectivity index (χ2n) is 3.27. The highest BCUT2D eigenvalue weighted by atomic mass is 32.2. The van der Waals surface area contributed by atoms with Crippen LogP contribution in [0, 0.1) is 0 Å². The summed E-state index contributed by atoms with van der Waals surface area (Å²) in [4.78, 5) is 12.1. The highest BCUT2D eigenvalue weighted by molar-refractivity contribution is 7.99. The largest absolute Gasteiger partial charge is 0.392 e. The van der Waals surface area contributed by atoms with E-state index in [-0.39, 0.29) is 12.3 Å². The minimum absolute atomic E-state index is 0.0336. The van der Waals surface area contributed by atoms with E-state index in [1.54, 1.807) is 7.05 Å². The molecule has 2 N–H and O–H groups in total. The van der Waals surface area contributed by atoms with E-state index in [9.17, 15) is 4.79 Å². The van der Waals surface area contributed by atoms with E-state index in [1.165, 1.54) is 16.3 Å². The lowest BCUT2D eigenvalue weighted by molar-refractivity contribution is 0.282. The van der Waals surface area contributed by atoms with E-state index >= 15 is 0 Å². The number of hydrogen-bond donors (Lipinski definition) is 2. The summed E-state index contributed by atoms with van der Waals surface area (Å²) in [5, 5.41) is 15.8. The molecule has 84 valence electrons. The molecule has 0 bridgehead atoms. The van der Waals surface area contributed by atoms with Gasteiger partial charge < -0.3 is 5.11 Å². The molecule has 0 fully saturated rings. The molecule has 1 aromatic carbocycles. The van der Waals surface area contributed by atoms with E-state index in [1.807, 2.05) is 24.3 Å². The van der Waals surface area contributed by atoms with Crippen LogP contribution in [0.25, 0.3) is 0 Å². The number of aliphatic hydroxyl groups excluding tert-OH is 1. The highest BCUT2D eigenvalue weighted by Crippen LogP contribution is 2.24. The zero-order chi connectivity index (χ0) is 11.5. The molecule has 0 atom stereocenters. The first-order chi connectivity index (χ1) is 7.70. The minimum atomic E-state index is -0.227. The zero-order valence-electron chi connectivity index (χ0n) is 8.67. The smallest absolute Gasteiger partial charge is 0.343 e. The number of rotatable bonds is 3. The van der Waals surface area contributed by atoms with Crippen molar-refractivity contribution in [2.24, 2.45) is 7.05 Å². The maximum absolute atomic E-state index is 11.1. The van der Waals surface area contributed by atoms with Crippen molar-refractivity contribution in [3.8, 4) is 0 Å². The van der Waals surface area contributed by atoms with Crippen LogP contribution in [-0.2, 0) is 13.7 Å². The van der Waals surface area contributed by atoms with Gasteiger partial charge in [-0.05, 0) is 29.5 Å². The summed E-state index contributed by atoms with van der Waals surface area (Å²) in [7, 11) is 1.66. The molecule has 16 heavy (non-hydrogen) atoms. The third kappa shape index (κ3) is 2.17. The van der Waals surface area contributed by atoms with Gasteiger partial charge in [-0.15, -0.1) is 5.10 Å². The summed E-state index contributed by atoms with van der Waals surface area (Å²) < 4.78 is 1.45. The Morgan fingerprint density at radius 3 is 2.62 bits per heavy atom. The minimum Gasteiger partial charge on any atom is -0.392 e. The van der Waals surface area contributed by atoms with E-state index in [4.69, 9.17) is 5.11 Å². The Labute approximate surface area is 96.1 Å². The van der Waals surface area contributed by atoms with Crippen LogP contribution in [0.1, 0.15) is 5.56 Å². The first-order valence-electron chi connectivity index (χ1n) is 4.70. The van der Waals surface area contributed by atoms with Crippen molar-refractivity contribution >= 4 is 11.8 Å². The zero-order valence-corrected chi connectivity index (χ0v) is 9.49. The summed E-state index contributed by atoms with van der Waals surface area (Å²) in [6, 6.07) is 7.45. The third-order valence-electron chi connectivity index (χ3n) is 2.15. The lowest BCUT2D eigenvalue weighted by Crippen LogP contribution is -2.12. The van der Waals surface area contributed by atoms with Crippen molar-refractivity contribution in [1.29, 1.82) is 0 Å². The maximum Gasteiger partial charge on any atom is 0.343 e. The molecular weight excluding hydrogens is 226 g/mol. The van der Waals surface area contributed by atoms with Crippen LogP contribution >= 0.6 is 11.8 Å². The summed E-state index contributed by atoms with van der Waals surface area (Å²) in [5.41, 5.74) is 0.634.